The Morgan fingerprint density at radius 1 is 0.786 bits per heavy atom. The molecule has 1 atom stereocenters. The van der Waals surface area contributed by atoms with E-state index in [9.17, 15) is 0 Å². The van der Waals surface area contributed by atoms with Crippen LogP contribution in [0.15, 0.2) is 30.3 Å². The third kappa shape index (κ3) is 25.7. The average molecular weight is 436 g/mol. The summed E-state index contributed by atoms with van der Waals surface area (Å²) in [6.45, 7) is 5.48. The van der Waals surface area contributed by atoms with Gasteiger partial charge in [0.1, 0.15) is 6.54 Å². The summed E-state index contributed by atoms with van der Waals surface area (Å²) in [6.07, 6.45) is 15.3. The Labute approximate surface area is 189 Å². The van der Waals surface area contributed by atoms with Crippen molar-refractivity contribution in [1.82, 2.24) is 0 Å². The summed E-state index contributed by atoms with van der Waals surface area (Å²) in [4.78, 5) is 0. The van der Waals surface area contributed by atoms with E-state index in [0.29, 0.717) is 6.04 Å². The summed E-state index contributed by atoms with van der Waals surface area (Å²) in [6, 6.07) is 11.0. The van der Waals surface area contributed by atoms with Gasteiger partial charge in [-0.15, -0.1) is 12.4 Å². The van der Waals surface area contributed by atoms with E-state index < -0.39 is 0 Å². The molecular weight excluding hydrogens is 387 g/mol. The molecule has 0 aliphatic carbocycles. The molecule has 0 bridgehead atoms. The Balaban J connectivity index is -0.000000431. The van der Waals surface area contributed by atoms with Gasteiger partial charge in [0.2, 0.25) is 0 Å². The lowest BCUT2D eigenvalue weighted by Crippen LogP contribution is -3.00. The highest BCUT2D eigenvalue weighted by Gasteiger charge is 2.06. The van der Waals surface area contributed by atoms with E-state index in [1.807, 2.05) is 0 Å². The highest BCUT2D eigenvalue weighted by Crippen LogP contribution is 2.11. The van der Waals surface area contributed by atoms with Crippen LogP contribution in [0.5, 0.6) is 0 Å². The third-order valence-electron chi connectivity index (χ3n) is 4.51. The Kier molecular flexibility index (Phi) is 24.8. The molecule has 1 aromatic carbocycles. The van der Waals surface area contributed by atoms with Crippen molar-refractivity contribution in [2.75, 3.05) is 21.1 Å². The fourth-order valence-corrected chi connectivity index (χ4v) is 3.08. The van der Waals surface area contributed by atoms with Crippen molar-refractivity contribution < 1.29 is 16.9 Å². The van der Waals surface area contributed by atoms with Gasteiger partial charge >= 0.3 is 0 Å². The van der Waals surface area contributed by atoms with Crippen LogP contribution in [0.1, 0.15) is 90.0 Å². The zero-order valence-electron chi connectivity index (χ0n) is 19.3. The quantitative estimate of drug-likeness (QED) is 0.368. The first kappa shape index (κ1) is 32.4. The molecule has 0 amide bonds. The van der Waals surface area contributed by atoms with Crippen LogP contribution in [0.3, 0.4) is 0 Å². The van der Waals surface area contributed by atoms with Crippen molar-refractivity contribution in [1.29, 1.82) is 0 Å². The van der Waals surface area contributed by atoms with E-state index in [1.54, 1.807) is 0 Å². The second kappa shape index (κ2) is 21.4. The summed E-state index contributed by atoms with van der Waals surface area (Å²) in [7, 11) is 6.60. The average Bonchev–Trinajstić information content (AvgIpc) is 2.56. The number of quaternary nitrogens is 1. The van der Waals surface area contributed by atoms with Gasteiger partial charge in [-0.1, -0.05) is 101 Å². The van der Waals surface area contributed by atoms with Gasteiger partial charge in [0.05, 0.1) is 21.1 Å². The van der Waals surface area contributed by atoms with Crippen LogP contribution in [-0.4, -0.2) is 31.7 Å². The van der Waals surface area contributed by atoms with Crippen molar-refractivity contribution in [3.63, 3.8) is 0 Å². The molecule has 0 radical (unpaired) electrons. The molecule has 4 heteroatoms. The second-order valence-corrected chi connectivity index (χ2v) is 8.88. The molecule has 0 fully saturated rings. The lowest BCUT2D eigenvalue weighted by atomic mass is 10.0. The minimum Gasteiger partial charge on any atom is -1.00 e. The molecule has 28 heavy (non-hydrogen) atoms. The predicted octanol–water partition coefficient (Wildman–Crippen LogP) is 3.96. The number of hydrogen-bond donors (Lipinski definition) is 1. The highest BCUT2D eigenvalue weighted by molar-refractivity contribution is 5.85. The number of benzene rings is 1. The van der Waals surface area contributed by atoms with E-state index in [-0.39, 0.29) is 24.8 Å². The maximum absolute atomic E-state index is 5.70. The summed E-state index contributed by atoms with van der Waals surface area (Å²) < 4.78 is 0.990. The van der Waals surface area contributed by atoms with Crippen LogP contribution >= 0.6 is 12.4 Å². The Bertz CT molecular complexity index is 403. The van der Waals surface area contributed by atoms with Gasteiger partial charge in [-0.3, -0.25) is 0 Å². The Morgan fingerprint density at radius 2 is 1.21 bits per heavy atom. The molecule has 0 aliphatic rings. The van der Waals surface area contributed by atoms with Gasteiger partial charge in [-0.05, 0) is 13.3 Å². The topological polar surface area (TPSA) is 26.0 Å². The number of nitrogens with zero attached hydrogens (tertiary/aromatic N) is 1. The monoisotopic (exact) mass is 434 g/mol. The molecule has 2 N–H and O–H groups in total. The van der Waals surface area contributed by atoms with Crippen LogP contribution in [-0.2, 0) is 6.54 Å². The summed E-state index contributed by atoms with van der Waals surface area (Å²) in [5, 5.41) is 0. The molecular formula is C24H48Cl2N2. The predicted molar refractivity (Wildman–Crippen MR) is 126 cm³/mol. The molecule has 1 rings (SSSR count). The third-order valence-corrected chi connectivity index (χ3v) is 4.51. The molecule has 0 saturated heterocycles. The van der Waals surface area contributed by atoms with Crippen molar-refractivity contribution in [3.05, 3.63) is 35.9 Å². The Hall–Kier alpha value is -0.280. The lowest BCUT2D eigenvalue weighted by molar-refractivity contribution is -0.884. The Morgan fingerprint density at radius 3 is 1.61 bits per heavy atom. The second-order valence-electron chi connectivity index (χ2n) is 8.88. The van der Waals surface area contributed by atoms with Crippen molar-refractivity contribution in [2.24, 2.45) is 5.73 Å². The molecule has 0 heterocycles. The first-order valence-electron chi connectivity index (χ1n) is 10.9. The maximum atomic E-state index is 5.70. The van der Waals surface area contributed by atoms with Crippen LogP contribution in [0.25, 0.3) is 0 Å². The van der Waals surface area contributed by atoms with Gasteiger partial charge in [0.15, 0.2) is 0 Å². The molecule has 0 aromatic heterocycles. The summed E-state index contributed by atoms with van der Waals surface area (Å²) in [5.41, 5.74) is 7.10. The lowest BCUT2D eigenvalue weighted by Gasteiger charge is -2.23. The number of unbranched alkanes of at least 4 members (excludes halogenated alkanes) is 9. The fourth-order valence-electron chi connectivity index (χ4n) is 3.08. The first-order chi connectivity index (χ1) is 12.3. The molecule has 0 spiro atoms. The zero-order chi connectivity index (χ0) is 19.7. The van der Waals surface area contributed by atoms with Crippen LogP contribution in [0, 0.1) is 0 Å². The molecule has 0 aliphatic heterocycles. The van der Waals surface area contributed by atoms with Crippen LogP contribution < -0.4 is 18.1 Å². The zero-order valence-corrected chi connectivity index (χ0v) is 20.8. The van der Waals surface area contributed by atoms with Crippen molar-refractivity contribution in [2.45, 2.75) is 97.1 Å². The number of rotatable bonds is 13. The van der Waals surface area contributed by atoms with Gasteiger partial charge in [0, 0.05) is 11.6 Å². The van der Waals surface area contributed by atoms with Crippen molar-refractivity contribution >= 4 is 12.4 Å². The van der Waals surface area contributed by atoms with E-state index in [0.717, 1.165) is 11.0 Å². The SMILES string of the molecule is CCCCCCCCCCCCC(C)N.C[N+](C)(C)Cc1ccccc1.Cl.[Cl-]. The first-order valence-corrected chi connectivity index (χ1v) is 10.9. The van der Waals surface area contributed by atoms with Gasteiger partial charge in [-0.2, -0.15) is 0 Å². The van der Waals surface area contributed by atoms with Gasteiger partial charge in [-0.25, -0.2) is 0 Å². The van der Waals surface area contributed by atoms with Crippen LogP contribution in [0.2, 0.25) is 0 Å². The van der Waals surface area contributed by atoms with Gasteiger partial charge in [0.25, 0.3) is 0 Å². The number of halogens is 2. The number of hydrogen-bond acceptors (Lipinski definition) is 1. The molecule has 1 aromatic rings. The normalized spacial score (nSPS) is 11.5. The molecule has 2 nitrogen and oxygen atoms in total. The van der Waals surface area contributed by atoms with E-state index >= 15 is 0 Å². The summed E-state index contributed by atoms with van der Waals surface area (Å²) in [5.74, 6) is 0. The molecule has 1 unspecified atom stereocenters. The van der Waals surface area contributed by atoms with Crippen molar-refractivity contribution in [3.8, 4) is 0 Å². The van der Waals surface area contributed by atoms with Crippen LogP contribution in [0.4, 0.5) is 0 Å². The molecule has 168 valence electrons. The summed E-state index contributed by atoms with van der Waals surface area (Å²) >= 11 is 0. The minimum atomic E-state index is 0. The van der Waals surface area contributed by atoms with E-state index in [4.69, 9.17) is 5.73 Å². The molecule has 0 saturated carbocycles. The largest absolute Gasteiger partial charge is 1.00 e. The standard InChI is InChI=1S/C14H31N.C10H16N.2ClH/c1-3-4-5-6-7-8-9-10-11-12-13-14(2)15;1-11(2,3)9-10-7-5-4-6-8-10;;/h14H,3-13,15H2,1-2H3;4-8H,9H2,1-3H3;2*1H/q;+1;;/p-1. The highest BCUT2D eigenvalue weighted by atomic mass is 35.5. The number of nitrogens with two attached hydrogens (primary N) is 1. The fraction of sp³-hybridized carbons (Fsp3) is 0.750. The smallest absolute Gasteiger partial charge is 0.104 e. The van der Waals surface area contributed by atoms with E-state index in [2.05, 4.69) is 65.3 Å². The minimum absolute atomic E-state index is 0. The maximum Gasteiger partial charge on any atom is 0.104 e. The van der Waals surface area contributed by atoms with E-state index in [1.165, 1.54) is 76.2 Å². The van der Waals surface area contributed by atoms with Gasteiger partial charge < -0.3 is 22.6 Å².